The topological polar surface area (TPSA) is 50.2 Å². The average Bonchev–Trinajstić information content (AvgIpc) is 2.78. The summed E-state index contributed by atoms with van der Waals surface area (Å²) in [5.41, 5.74) is 3.23. The smallest absolute Gasteiger partial charge is 0.241 e. The van der Waals surface area contributed by atoms with Crippen molar-refractivity contribution in [3.05, 3.63) is 11.4 Å². The highest BCUT2D eigenvalue weighted by molar-refractivity contribution is 5.95. The van der Waals surface area contributed by atoms with Crippen LogP contribution < -0.4 is 5.32 Å². The van der Waals surface area contributed by atoms with Crippen LogP contribution in [-0.4, -0.2) is 40.2 Å². The maximum atomic E-state index is 12.9. The van der Waals surface area contributed by atoms with Crippen molar-refractivity contribution in [1.29, 1.82) is 0 Å². The first-order chi connectivity index (χ1) is 12.3. The summed E-state index contributed by atoms with van der Waals surface area (Å²) in [6.45, 7) is 7.05. The van der Waals surface area contributed by atoms with Crippen LogP contribution >= 0.6 is 0 Å². The number of rotatable bonds is 5. The number of carbonyl (C=O) groups is 1. The van der Waals surface area contributed by atoms with Crippen LogP contribution in [0, 0.1) is 37.0 Å². The van der Waals surface area contributed by atoms with Gasteiger partial charge in [0, 0.05) is 13.6 Å². The first-order valence-electron chi connectivity index (χ1n) is 10.3. The molecule has 4 saturated carbocycles. The van der Waals surface area contributed by atoms with Gasteiger partial charge in [0.25, 0.3) is 0 Å². The minimum Gasteiger partial charge on any atom is -0.322 e. The minimum atomic E-state index is -0.123. The van der Waals surface area contributed by atoms with Crippen LogP contribution in [0.5, 0.6) is 0 Å². The Hall–Kier alpha value is -1.36. The fourth-order valence-corrected chi connectivity index (χ4v) is 6.53. The summed E-state index contributed by atoms with van der Waals surface area (Å²) in [6, 6.07) is -0.123. The van der Waals surface area contributed by atoms with E-state index < -0.39 is 0 Å². The number of hydrogen-bond acceptors (Lipinski definition) is 3. The first kappa shape index (κ1) is 18.0. The minimum absolute atomic E-state index is 0.0800. The van der Waals surface area contributed by atoms with E-state index in [1.165, 1.54) is 38.5 Å². The van der Waals surface area contributed by atoms with E-state index in [1.54, 1.807) is 0 Å². The lowest BCUT2D eigenvalue weighted by Gasteiger charge is -2.58. The Labute approximate surface area is 157 Å². The molecule has 0 spiro atoms. The van der Waals surface area contributed by atoms with Crippen LogP contribution in [0.1, 0.15) is 56.8 Å². The molecule has 4 aliphatic rings. The lowest BCUT2D eigenvalue weighted by atomic mass is 9.49. The molecular formula is C21H34N4O. The van der Waals surface area contributed by atoms with Gasteiger partial charge in [-0.3, -0.25) is 14.4 Å². The zero-order valence-corrected chi connectivity index (χ0v) is 17.0. The molecule has 0 saturated heterocycles. The Morgan fingerprint density at radius 1 is 1.23 bits per heavy atom. The third kappa shape index (κ3) is 3.08. The average molecular weight is 359 g/mol. The lowest BCUT2D eigenvalue weighted by molar-refractivity contribution is -0.122. The zero-order valence-electron chi connectivity index (χ0n) is 17.0. The molecule has 0 unspecified atom stereocenters. The number of anilines is 1. The van der Waals surface area contributed by atoms with Crippen molar-refractivity contribution in [2.75, 3.05) is 18.9 Å². The van der Waals surface area contributed by atoms with Crippen LogP contribution in [0.25, 0.3) is 0 Å². The molecule has 5 heteroatoms. The molecule has 0 aliphatic heterocycles. The van der Waals surface area contributed by atoms with Gasteiger partial charge in [-0.25, -0.2) is 0 Å². The number of aromatic nitrogens is 2. The maximum Gasteiger partial charge on any atom is 0.241 e. The van der Waals surface area contributed by atoms with E-state index in [2.05, 4.69) is 22.4 Å². The highest BCUT2D eigenvalue weighted by atomic mass is 16.2. The Kier molecular flexibility index (Phi) is 4.41. The highest BCUT2D eigenvalue weighted by Crippen LogP contribution is 2.60. The number of likely N-dealkylation sites (N-methyl/N-ethyl adjacent to an activating group) is 1. The molecule has 1 heterocycles. The SMILES string of the molecule is Cc1nn(C)c(C)c1NC(=O)[C@@H](C)N(C)CC12CC3CC(CC(C3)C1)C2. The van der Waals surface area contributed by atoms with E-state index in [0.29, 0.717) is 5.41 Å². The van der Waals surface area contributed by atoms with Crippen molar-refractivity contribution in [3.63, 3.8) is 0 Å². The summed E-state index contributed by atoms with van der Waals surface area (Å²) in [4.78, 5) is 15.2. The van der Waals surface area contributed by atoms with Crippen LogP contribution in [0.4, 0.5) is 5.69 Å². The molecule has 0 radical (unpaired) electrons. The van der Waals surface area contributed by atoms with E-state index in [-0.39, 0.29) is 11.9 Å². The standard InChI is InChI=1S/C21H34N4O/c1-13-19(14(2)25(5)23-13)22-20(26)15(3)24(4)12-21-9-16-6-17(10-21)8-18(7-16)11-21/h15-18H,6-12H2,1-5H3,(H,22,26)/t15-,16?,17?,18?,21?/m1/s1. The molecule has 4 fully saturated rings. The third-order valence-corrected chi connectivity index (χ3v) is 7.55. The van der Waals surface area contributed by atoms with Crippen molar-refractivity contribution >= 4 is 11.6 Å². The van der Waals surface area contributed by atoms with Crippen LogP contribution in [0.3, 0.4) is 0 Å². The lowest BCUT2D eigenvalue weighted by Crippen LogP contribution is -2.53. The second kappa shape index (κ2) is 6.36. The van der Waals surface area contributed by atoms with Gasteiger partial charge in [0.1, 0.15) is 0 Å². The molecule has 26 heavy (non-hydrogen) atoms. The van der Waals surface area contributed by atoms with Gasteiger partial charge >= 0.3 is 0 Å². The summed E-state index contributed by atoms with van der Waals surface area (Å²) >= 11 is 0. The fourth-order valence-electron chi connectivity index (χ4n) is 6.53. The molecule has 5 rings (SSSR count). The third-order valence-electron chi connectivity index (χ3n) is 7.55. The summed E-state index contributed by atoms with van der Waals surface area (Å²) in [5.74, 6) is 2.95. The zero-order chi connectivity index (χ0) is 18.6. The summed E-state index contributed by atoms with van der Waals surface area (Å²) in [5, 5.41) is 7.53. The fraction of sp³-hybridized carbons (Fsp3) is 0.810. The van der Waals surface area contributed by atoms with Gasteiger partial charge in [-0.15, -0.1) is 0 Å². The Morgan fingerprint density at radius 3 is 2.23 bits per heavy atom. The second-order valence-electron chi connectivity index (χ2n) is 9.67. The van der Waals surface area contributed by atoms with Crippen molar-refractivity contribution in [2.24, 2.45) is 30.2 Å². The molecule has 0 aromatic carbocycles. The molecule has 4 aliphatic carbocycles. The summed E-state index contributed by atoms with van der Waals surface area (Å²) in [6.07, 6.45) is 8.57. The van der Waals surface area contributed by atoms with Crippen molar-refractivity contribution in [3.8, 4) is 0 Å². The first-order valence-corrected chi connectivity index (χ1v) is 10.3. The molecule has 144 valence electrons. The van der Waals surface area contributed by atoms with Gasteiger partial charge in [0.05, 0.1) is 23.1 Å². The van der Waals surface area contributed by atoms with Gasteiger partial charge in [-0.05, 0) is 89.5 Å². The molecule has 5 nitrogen and oxygen atoms in total. The highest BCUT2D eigenvalue weighted by Gasteiger charge is 2.51. The molecule has 4 bridgehead atoms. The predicted molar refractivity (Wildman–Crippen MR) is 104 cm³/mol. The van der Waals surface area contributed by atoms with Gasteiger partial charge < -0.3 is 5.32 Å². The summed E-state index contributed by atoms with van der Waals surface area (Å²) in [7, 11) is 4.05. The largest absolute Gasteiger partial charge is 0.322 e. The summed E-state index contributed by atoms with van der Waals surface area (Å²) < 4.78 is 1.83. The van der Waals surface area contributed by atoms with E-state index >= 15 is 0 Å². The monoisotopic (exact) mass is 358 g/mol. The van der Waals surface area contributed by atoms with Gasteiger partial charge in [0.2, 0.25) is 5.91 Å². The van der Waals surface area contributed by atoms with Crippen LogP contribution in [0.2, 0.25) is 0 Å². The van der Waals surface area contributed by atoms with Gasteiger partial charge in [-0.2, -0.15) is 5.10 Å². The van der Waals surface area contributed by atoms with Gasteiger partial charge in [-0.1, -0.05) is 0 Å². The van der Waals surface area contributed by atoms with Crippen molar-refractivity contribution in [1.82, 2.24) is 14.7 Å². The predicted octanol–water partition coefficient (Wildman–Crippen LogP) is 3.51. The Balaban J connectivity index is 1.41. The van der Waals surface area contributed by atoms with Crippen LogP contribution in [0.15, 0.2) is 0 Å². The Morgan fingerprint density at radius 2 is 1.77 bits per heavy atom. The Bertz CT molecular complexity index is 672. The molecule has 1 aromatic rings. The van der Waals surface area contributed by atoms with Crippen LogP contribution in [-0.2, 0) is 11.8 Å². The maximum absolute atomic E-state index is 12.9. The molecule has 1 aromatic heterocycles. The molecule has 1 N–H and O–H groups in total. The number of nitrogens with zero attached hydrogens (tertiary/aromatic N) is 3. The number of carbonyl (C=O) groups excluding carboxylic acids is 1. The molecule has 1 amide bonds. The van der Waals surface area contributed by atoms with Crippen molar-refractivity contribution < 1.29 is 4.79 Å². The normalized spacial score (nSPS) is 33.7. The number of nitrogens with one attached hydrogen (secondary N) is 1. The quantitative estimate of drug-likeness (QED) is 0.876. The molecular weight excluding hydrogens is 324 g/mol. The van der Waals surface area contributed by atoms with Gasteiger partial charge in [0.15, 0.2) is 0 Å². The van der Waals surface area contributed by atoms with E-state index in [0.717, 1.165) is 41.4 Å². The van der Waals surface area contributed by atoms with E-state index in [4.69, 9.17) is 0 Å². The van der Waals surface area contributed by atoms with Crippen molar-refractivity contribution in [2.45, 2.75) is 65.3 Å². The number of aryl methyl sites for hydroxylation is 2. The second-order valence-corrected chi connectivity index (χ2v) is 9.67. The number of amides is 1. The van der Waals surface area contributed by atoms with E-state index in [9.17, 15) is 4.79 Å². The number of hydrogen-bond donors (Lipinski definition) is 1. The van der Waals surface area contributed by atoms with E-state index in [1.807, 2.05) is 32.5 Å². The molecule has 1 atom stereocenters.